The van der Waals surface area contributed by atoms with Crippen molar-refractivity contribution in [1.82, 2.24) is 9.88 Å². The summed E-state index contributed by atoms with van der Waals surface area (Å²) in [5.74, 6) is 1.10. The van der Waals surface area contributed by atoms with Crippen molar-refractivity contribution in [2.45, 2.75) is 89.2 Å². The number of rotatable bonds is 3. The first-order valence-electron chi connectivity index (χ1n) is 13.0. The van der Waals surface area contributed by atoms with E-state index >= 15 is 0 Å². The first-order valence-corrected chi connectivity index (χ1v) is 13.0. The van der Waals surface area contributed by atoms with Gasteiger partial charge >= 0.3 is 0 Å². The lowest BCUT2D eigenvalue weighted by molar-refractivity contribution is 0.0398. The fourth-order valence-electron chi connectivity index (χ4n) is 6.28. The summed E-state index contributed by atoms with van der Waals surface area (Å²) >= 11 is 0. The second kappa shape index (κ2) is 8.70. The van der Waals surface area contributed by atoms with Crippen LogP contribution in [0.15, 0.2) is 36.4 Å². The van der Waals surface area contributed by atoms with E-state index in [1.807, 2.05) is 0 Å². The quantitative estimate of drug-likeness (QED) is 0.672. The summed E-state index contributed by atoms with van der Waals surface area (Å²) in [5.41, 5.74) is 5.77. The number of nitrogens with zero attached hydrogens (tertiary/aromatic N) is 3. The van der Waals surface area contributed by atoms with Gasteiger partial charge in [0.05, 0.1) is 11.8 Å². The predicted octanol–water partition coefficient (Wildman–Crippen LogP) is 5.52. The van der Waals surface area contributed by atoms with Gasteiger partial charge in [-0.2, -0.15) is 0 Å². The monoisotopic (exact) mass is 447 g/mol. The maximum absolute atomic E-state index is 10.1. The van der Waals surface area contributed by atoms with E-state index in [1.165, 1.54) is 29.5 Å². The second-order valence-electron chi connectivity index (χ2n) is 11.9. The average molecular weight is 448 g/mol. The number of benzene rings is 1. The minimum absolute atomic E-state index is 0.137. The molecule has 0 spiro atoms. The van der Waals surface area contributed by atoms with E-state index in [1.54, 1.807) is 0 Å². The number of aromatic nitrogens is 1. The highest BCUT2D eigenvalue weighted by Gasteiger charge is 2.37. The van der Waals surface area contributed by atoms with Crippen LogP contribution >= 0.6 is 0 Å². The van der Waals surface area contributed by atoms with Gasteiger partial charge in [0.25, 0.3) is 0 Å². The molecule has 1 N–H and O–H groups in total. The molecule has 1 aromatic carbocycles. The van der Waals surface area contributed by atoms with Crippen LogP contribution in [0.2, 0.25) is 0 Å². The zero-order valence-electron chi connectivity index (χ0n) is 21.0. The maximum atomic E-state index is 10.1. The molecule has 0 amide bonds. The molecular formula is C29H41N3O. The fourth-order valence-corrected chi connectivity index (χ4v) is 6.28. The Labute approximate surface area is 200 Å². The van der Waals surface area contributed by atoms with Gasteiger partial charge < -0.3 is 10.0 Å². The van der Waals surface area contributed by atoms with Crippen molar-refractivity contribution >= 4 is 5.82 Å². The summed E-state index contributed by atoms with van der Waals surface area (Å²) in [6.07, 6.45) is 6.73. The molecule has 3 aliphatic rings. The van der Waals surface area contributed by atoms with Gasteiger partial charge in [-0.05, 0) is 85.2 Å². The average Bonchev–Trinajstić information content (AvgIpc) is 2.82. The van der Waals surface area contributed by atoms with E-state index in [-0.39, 0.29) is 16.9 Å². The molecule has 2 saturated heterocycles. The summed E-state index contributed by atoms with van der Waals surface area (Å²) < 4.78 is 0. The van der Waals surface area contributed by atoms with Crippen LogP contribution in [0.3, 0.4) is 0 Å². The van der Waals surface area contributed by atoms with Crippen molar-refractivity contribution in [2.24, 2.45) is 0 Å². The van der Waals surface area contributed by atoms with Crippen molar-refractivity contribution in [1.29, 1.82) is 0 Å². The minimum atomic E-state index is -0.137. The van der Waals surface area contributed by atoms with Gasteiger partial charge in [0.15, 0.2) is 0 Å². The van der Waals surface area contributed by atoms with E-state index in [0.717, 1.165) is 63.4 Å². The van der Waals surface area contributed by atoms with E-state index in [4.69, 9.17) is 4.98 Å². The highest BCUT2D eigenvalue weighted by atomic mass is 16.3. The third-order valence-electron chi connectivity index (χ3n) is 8.62. The molecule has 4 nitrogen and oxygen atoms in total. The minimum Gasteiger partial charge on any atom is -0.392 e. The van der Waals surface area contributed by atoms with Gasteiger partial charge in [-0.25, -0.2) is 4.98 Å². The lowest BCUT2D eigenvalue weighted by atomic mass is 9.63. The van der Waals surface area contributed by atoms with Crippen LogP contribution in [0.5, 0.6) is 0 Å². The zero-order chi connectivity index (χ0) is 23.2. The molecule has 178 valence electrons. The highest BCUT2D eigenvalue weighted by Crippen LogP contribution is 2.46. The number of hydrogen-bond donors (Lipinski definition) is 1. The molecule has 0 bridgehead atoms. The summed E-state index contributed by atoms with van der Waals surface area (Å²) in [4.78, 5) is 10.1. The Morgan fingerprint density at radius 3 is 2.33 bits per heavy atom. The maximum Gasteiger partial charge on any atom is 0.129 e. The molecule has 2 fully saturated rings. The number of likely N-dealkylation sites (tertiary alicyclic amines) is 1. The van der Waals surface area contributed by atoms with Crippen LogP contribution in [0.1, 0.15) is 77.3 Å². The Hall–Kier alpha value is -1.91. The van der Waals surface area contributed by atoms with Crippen LogP contribution in [0.25, 0.3) is 11.3 Å². The van der Waals surface area contributed by atoms with Gasteiger partial charge in [-0.1, -0.05) is 45.9 Å². The molecule has 33 heavy (non-hydrogen) atoms. The summed E-state index contributed by atoms with van der Waals surface area (Å²) in [5, 5.41) is 10.1. The number of fused-ring (bicyclic) bond motifs is 1. The lowest BCUT2D eigenvalue weighted by Gasteiger charge is -2.42. The molecule has 1 aromatic heterocycles. The Bertz CT molecular complexity index is 990. The van der Waals surface area contributed by atoms with Gasteiger partial charge in [0.1, 0.15) is 5.82 Å². The van der Waals surface area contributed by atoms with Crippen LogP contribution in [0.4, 0.5) is 5.82 Å². The Morgan fingerprint density at radius 1 is 0.879 bits per heavy atom. The van der Waals surface area contributed by atoms with Crippen molar-refractivity contribution in [3.8, 4) is 11.3 Å². The Kier molecular flexibility index (Phi) is 6.03. The third-order valence-corrected chi connectivity index (χ3v) is 8.62. The van der Waals surface area contributed by atoms with Crippen LogP contribution in [-0.2, 0) is 10.8 Å². The first kappa shape index (κ1) is 22.9. The molecular weight excluding hydrogens is 406 g/mol. The van der Waals surface area contributed by atoms with Crippen molar-refractivity contribution in [3.05, 3.63) is 47.5 Å². The smallest absolute Gasteiger partial charge is 0.129 e. The molecule has 4 heteroatoms. The molecule has 1 aliphatic carbocycles. The van der Waals surface area contributed by atoms with Crippen LogP contribution in [0, 0.1) is 0 Å². The van der Waals surface area contributed by atoms with E-state index < -0.39 is 0 Å². The highest BCUT2D eigenvalue weighted by molar-refractivity contribution is 5.65. The van der Waals surface area contributed by atoms with Crippen LogP contribution < -0.4 is 4.90 Å². The lowest BCUT2D eigenvalue weighted by Crippen LogP contribution is -2.49. The van der Waals surface area contributed by atoms with Gasteiger partial charge in [-0.15, -0.1) is 0 Å². The molecule has 0 radical (unpaired) electrons. The molecule has 1 atom stereocenters. The van der Waals surface area contributed by atoms with Gasteiger partial charge in [0.2, 0.25) is 0 Å². The summed E-state index contributed by atoms with van der Waals surface area (Å²) in [6.45, 7) is 13.6. The van der Waals surface area contributed by atoms with Crippen molar-refractivity contribution in [2.75, 3.05) is 31.1 Å². The molecule has 5 rings (SSSR count). The number of piperidine rings is 2. The molecule has 2 aliphatic heterocycles. The van der Waals surface area contributed by atoms with E-state index in [9.17, 15) is 5.11 Å². The largest absolute Gasteiger partial charge is 0.392 e. The Morgan fingerprint density at radius 2 is 1.61 bits per heavy atom. The summed E-state index contributed by atoms with van der Waals surface area (Å²) in [6, 6.07) is 14.1. The van der Waals surface area contributed by atoms with Crippen molar-refractivity contribution in [3.63, 3.8) is 0 Å². The number of hydrogen-bond acceptors (Lipinski definition) is 4. The zero-order valence-corrected chi connectivity index (χ0v) is 21.0. The second-order valence-corrected chi connectivity index (χ2v) is 11.9. The topological polar surface area (TPSA) is 39.6 Å². The predicted molar refractivity (Wildman–Crippen MR) is 137 cm³/mol. The number of anilines is 1. The SMILES string of the molecule is CC1(C)CCC(C)(C)c2cc(-c3cccc(N4CCC(N5CCCC(O)C5)CC4)n3)ccc21. The molecule has 3 heterocycles. The number of aliphatic hydroxyl groups excluding tert-OH is 1. The molecule has 1 unspecified atom stereocenters. The number of aliphatic hydroxyl groups is 1. The van der Waals surface area contributed by atoms with E-state index in [2.05, 4.69) is 73.9 Å². The van der Waals surface area contributed by atoms with Crippen molar-refractivity contribution < 1.29 is 5.11 Å². The summed E-state index contributed by atoms with van der Waals surface area (Å²) in [7, 11) is 0. The van der Waals surface area contributed by atoms with Gasteiger partial charge in [0, 0.05) is 31.2 Å². The standard InChI is InChI=1S/C29H41N3O/c1-28(2)14-15-29(3,4)25-19-21(10-11-24(25)28)26-8-5-9-27(30-26)31-17-12-22(13-18-31)32-16-6-7-23(33)20-32/h5,8-11,19,22-23,33H,6-7,12-18,20H2,1-4H3. The van der Waals surface area contributed by atoms with Crippen LogP contribution in [-0.4, -0.2) is 53.3 Å². The number of β-amino-alcohol motifs (C(OH)–C–C–N with tert-alkyl or cyclic N) is 1. The van der Waals surface area contributed by atoms with Gasteiger partial charge in [-0.3, -0.25) is 4.90 Å². The van der Waals surface area contributed by atoms with E-state index in [0.29, 0.717) is 6.04 Å². The first-order chi connectivity index (χ1) is 15.7. The molecule has 0 saturated carbocycles. The normalized spacial score (nSPS) is 25.6. The fraction of sp³-hybridized carbons (Fsp3) is 0.621. The third kappa shape index (κ3) is 4.57. The Balaban J connectivity index is 1.33. The molecule has 2 aromatic rings. The number of pyridine rings is 1.